The van der Waals surface area contributed by atoms with Crippen molar-refractivity contribution in [1.82, 2.24) is 19.9 Å². The van der Waals surface area contributed by atoms with Crippen LogP contribution in [-0.2, 0) is 0 Å². The van der Waals surface area contributed by atoms with Crippen LogP contribution in [0.5, 0.6) is 0 Å². The molecule has 0 saturated heterocycles. The minimum atomic E-state index is -0.412. The smallest absolute Gasteiger partial charge is 0.162 e. The summed E-state index contributed by atoms with van der Waals surface area (Å²) in [7, 11) is 0. The van der Waals surface area contributed by atoms with E-state index in [0.29, 0.717) is 47.0 Å². The van der Waals surface area contributed by atoms with Gasteiger partial charge in [0.05, 0.1) is 24.2 Å². The fourth-order valence-electron chi connectivity index (χ4n) is 2.92. The van der Waals surface area contributed by atoms with E-state index in [0.717, 1.165) is 0 Å². The van der Waals surface area contributed by atoms with E-state index in [2.05, 4.69) is 29.9 Å². The number of hydrogen-bond acceptors (Lipinski definition) is 6. The number of halogens is 2. The molecule has 2 aromatic heterocycles. The van der Waals surface area contributed by atoms with Gasteiger partial charge in [0.15, 0.2) is 11.6 Å². The SMILES string of the molecule is Fc1cc(/C=N/CC/N=C/c2ccc(-c3ncccn3)c(F)c2)ccc1-c1ncccn1. The highest BCUT2D eigenvalue weighted by Crippen LogP contribution is 2.20. The highest BCUT2D eigenvalue weighted by atomic mass is 19.1. The Morgan fingerprint density at radius 1 is 0.625 bits per heavy atom. The molecule has 0 aliphatic rings. The summed E-state index contributed by atoms with van der Waals surface area (Å²) in [6.07, 6.45) is 9.44. The van der Waals surface area contributed by atoms with Crippen molar-refractivity contribution >= 4 is 12.4 Å². The number of aromatic nitrogens is 4. The average Bonchev–Trinajstić information content (AvgIpc) is 2.82. The van der Waals surface area contributed by atoms with E-state index in [-0.39, 0.29) is 0 Å². The second-order valence-corrected chi connectivity index (χ2v) is 6.69. The molecule has 4 aromatic rings. The zero-order valence-corrected chi connectivity index (χ0v) is 16.9. The second kappa shape index (κ2) is 10.2. The van der Waals surface area contributed by atoms with Crippen LogP contribution in [0.15, 0.2) is 83.3 Å². The van der Waals surface area contributed by atoms with Gasteiger partial charge in [-0.2, -0.15) is 0 Å². The average molecular weight is 428 g/mol. The zero-order valence-electron chi connectivity index (χ0n) is 16.9. The van der Waals surface area contributed by atoms with E-state index >= 15 is 0 Å². The number of hydrogen-bond donors (Lipinski definition) is 0. The fourth-order valence-corrected chi connectivity index (χ4v) is 2.92. The Hall–Kier alpha value is -4.20. The number of nitrogens with zero attached hydrogens (tertiary/aromatic N) is 6. The van der Waals surface area contributed by atoms with E-state index in [1.807, 2.05) is 0 Å². The normalized spacial score (nSPS) is 11.4. The van der Waals surface area contributed by atoms with Crippen LogP contribution in [-0.4, -0.2) is 45.5 Å². The van der Waals surface area contributed by atoms with Crippen molar-refractivity contribution < 1.29 is 8.78 Å². The third-order valence-corrected chi connectivity index (χ3v) is 4.44. The van der Waals surface area contributed by atoms with Crippen LogP contribution in [0.25, 0.3) is 22.8 Å². The summed E-state index contributed by atoms with van der Waals surface area (Å²) in [6.45, 7) is 0.834. The first-order valence-electron chi connectivity index (χ1n) is 9.84. The molecule has 6 nitrogen and oxygen atoms in total. The van der Waals surface area contributed by atoms with Gasteiger partial charge in [-0.15, -0.1) is 0 Å². The quantitative estimate of drug-likeness (QED) is 0.323. The van der Waals surface area contributed by atoms with Crippen molar-refractivity contribution in [3.8, 4) is 22.8 Å². The van der Waals surface area contributed by atoms with Crippen molar-refractivity contribution in [2.75, 3.05) is 13.1 Å². The zero-order chi connectivity index (χ0) is 22.2. The second-order valence-electron chi connectivity index (χ2n) is 6.69. The predicted octanol–water partition coefficient (Wildman–Crippen LogP) is 4.42. The molecule has 0 atom stereocenters. The molecule has 0 amide bonds. The summed E-state index contributed by atoms with van der Waals surface area (Å²) >= 11 is 0. The van der Waals surface area contributed by atoms with Gasteiger partial charge in [-0.25, -0.2) is 28.7 Å². The minimum absolute atomic E-state index is 0.337. The lowest BCUT2D eigenvalue weighted by atomic mass is 10.1. The molecule has 0 bridgehead atoms. The van der Waals surface area contributed by atoms with Gasteiger partial charge in [0.1, 0.15) is 11.6 Å². The summed E-state index contributed by atoms with van der Waals surface area (Å²) in [6, 6.07) is 12.9. The van der Waals surface area contributed by atoms with Gasteiger partial charge in [0.2, 0.25) is 0 Å². The van der Waals surface area contributed by atoms with Crippen LogP contribution in [0, 0.1) is 11.6 Å². The first kappa shape index (κ1) is 21.0. The van der Waals surface area contributed by atoms with Crippen molar-refractivity contribution in [3.63, 3.8) is 0 Å². The van der Waals surface area contributed by atoms with Crippen LogP contribution < -0.4 is 0 Å². The van der Waals surface area contributed by atoms with Crippen LogP contribution >= 0.6 is 0 Å². The molecule has 32 heavy (non-hydrogen) atoms. The van der Waals surface area contributed by atoms with Crippen molar-refractivity contribution in [2.45, 2.75) is 0 Å². The first-order valence-corrected chi connectivity index (χ1v) is 9.84. The summed E-state index contributed by atoms with van der Waals surface area (Å²) < 4.78 is 28.6. The third kappa shape index (κ3) is 5.28. The van der Waals surface area contributed by atoms with Crippen molar-refractivity contribution in [1.29, 1.82) is 0 Å². The maximum absolute atomic E-state index is 14.3. The standard InChI is InChI=1S/C24H18F2N6/c25-21-13-17(3-5-19(21)23-29-7-1-8-30-23)15-27-11-12-28-16-18-4-6-20(22(26)14-18)24-31-9-2-10-32-24/h1-10,13-16H,11-12H2/b27-15+,28-16+. The van der Waals surface area contributed by atoms with Gasteiger partial charge in [0.25, 0.3) is 0 Å². The lowest BCUT2D eigenvalue weighted by Crippen LogP contribution is -1.95. The molecule has 0 spiro atoms. The summed E-state index contributed by atoms with van der Waals surface area (Å²) in [5.41, 5.74) is 1.94. The maximum Gasteiger partial charge on any atom is 0.162 e. The minimum Gasteiger partial charge on any atom is -0.291 e. The molecule has 8 heteroatoms. The molecule has 0 saturated carbocycles. The van der Waals surface area contributed by atoms with Gasteiger partial charge >= 0.3 is 0 Å². The first-order chi connectivity index (χ1) is 15.7. The summed E-state index contributed by atoms with van der Waals surface area (Å²) in [5, 5.41) is 0. The van der Waals surface area contributed by atoms with Gasteiger partial charge in [0, 0.05) is 37.2 Å². The van der Waals surface area contributed by atoms with Crippen LogP contribution in [0.4, 0.5) is 8.78 Å². The highest BCUT2D eigenvalue weighted by molar-refractivity contribution is 5.81. The molecule has 2 heterocycles. The van der Waals surface area contributed by atoms with Gasteiger partial charge in [-0.1, -0.05) is 12.1 Å². The predicted molar refractivity (Wildman–Crippen MR) is 120 cm³/mol. The Bertz CT molecular complexity index is 1150. The van der Waals surface area contributed by atoms with Crippen molar-refractivity contribution in [3.05, 3.63) is 96.1 Å². The van der Waals surface area contributed by atoms with Gasteiger partial charge < -0.3 is 0 Å². The fraction of sp³-hybridized carbons (Fsp3) is 0.0833. The molecular formula is C24H18F2N6. The Morgan fingerprint density at radius 2 is 1.03 bits per heavy atom. The molecular weight excluding hydrogens is 410 g/mol. The Balaban J connectivity index is 1.31. The Kier molecular flexibility index (Phi) is 6.72. The molecule has 0 aliphatic carbocycles. The van der Waals surface area contributed by atoms with E-state index < -0.39 is 11.6 Å². The lowest BCUT2D eigenvalue weighted by molar-refractivity contribution is 0.629. The third-order valence-electron chi connectivity index (χ3n) is 4.44. The van der Waals surface area contributed by atoms with E-state index in [9.17, 15) is 8.78 Å². The van der Waals surface area contributed by atoms with Crippen LogP contribution in [0.1, 0.15) is 11.1 Å². The Morgan fingerprint density at radius 3 is 1.41 bits per heavy atom. The topological polar surface area (TPSA) is 76.3 Å². The van der Waals surface area contributed by atoms with E-state index in [1.54, 1.807) is 73.6 Å². The largest absolute Gasteiger partial charge is 0.291 e. The van der Waals surface area contributed by atoms with Crippen LogP contribution in [0.3, 0.4) is 0 Å². The molecule has 0 radical (unpaired) electrons. The molecule has 0 unspecified atom stereocenters. The molecule has 158 valence electrons. The van der Waals surface area contributed by atoms with Crippen molar-refractivity contribution in [2.24, 2.45) is 9.98 Å². The maximum atomic E-state index is 14.3. The summed E-state index contributed by atoms with van der Waals surface area (Å²) in [4.78, 5) is 24.7. The Labute approximate surface area is 183 Å². The molecule has 2 aromatic carbocycles. The number of rotatable bonds is 7. The summed E-state index contributed by atoms with van der Waals surface area (Å²) in [5.74, 6) is -0.152. The monoisotopic (exact) mass is 428 g/mol. The van der Waals surface area contributed by atoms with E-state index in [4.69, 9.17) is 0 Å². The molecule has 0 N–H and O–H groups in total. The van der Waals surface area contributed by atoms with E-state index in [1.165, 1.54) is 12.1 Å². The number of aliphatic imine (C=N–C) groups is 2. The lowest BCUT2D eigenvalue weighted by Gasteiger charge is -2.02. The van der Waals surface area contributed by atoms with Gasteiger partial charge in [-0.3, -0.25) is 9.98 Å². The van der Waals surface area contributed by atoms with Gasteiger partial charge in [-0.05, 0) is 47.5 Å². The molecule has 0 fully saturated rings. The number of benzene rings is 2. The molecule has 0 aliphatic heterocycles. The highest BCUT2D eigenvalue weighted by Gasteiger charge is 2.08. The molecule has 4 rings (SSSR count). The van der Waals surface area contributed by atoms with Crippen LogP contribution in [0.2, 0.25) is 0 Å².